The molecule has 1 atom stereocenters. The summed E-state index contributed by atoms with van der Waals surface area (Å²) in [5.74, 6) is 0. The van der Waals surface area contributed by atoms with Crippen molar-refractivity contribution in [2.75, 3.05) is 6.61 Å². The van der Waals surface area contributed by atoms with Crippen LogP contribution in [0, 0.1) is 0 Å². The number of hydrogen-bond donors (Lipinski definition) is 0. The van der Waals surface area contributed by atoms with Crippen LogP contribution in [0.1, 0.15) is 20.3 Å². The first-order chi connectivity index (χ1) is 3.31. The van der Waals surface area contributed by atoms with Gasteiger partial charge >= 0.3 is 0 Å². The largest absolute Gasteiger partial charge is 0.367 e. The van der Waals surface area contributed by atoms with Crippen molar-refractivity contribution in [2.24, 2.45) is 0 Å². The number of alkyl halides is 1. The molecular weight excluding hydrogens is 156 g/mol. The molecule has 0 rings (SSSR count). The fourth-order valence-electron chi connectivity index (χ4n) is 0.299. The Morgan fingerprint density at radius 1 is 1.57 bits per heavy atom. The maximum absolute atomic E-state index is 5.11. The van der Waals surface area contributed by atoms with E-state index in [9.17, 15) is 0 Å². The molecule has 0 radical (unpaired) electrons. The Morgan fingerprint density at radius 2 is 2.14 bits per heavy atom. The van der Waals surface area contributed by atoms with Crippen molar-refractivity contribution in [3.8, 4) is 0 Å². The highest BCUT2D eigenvalue weighted by atomic mass is 79.9. The summed E-state index contributed by atoms with van der Waals surface area (Å²) in [5, 5.41) is 0.262. The molecule has 0 aliphatic carbocycles. The topological polar surface area (TPSA) is 9.23 Å². The second kappa shape index (κ2) is 4.60. The molecule has 0 aromatic heterocycles. The summed E-state index contributed by atoms with van der Waals surface area (Å²) in [4.78, 5) is 0. The summed E-state index contributed by atoms with van der Waals surface area (Å²) in [7, 11) is 0. The van der Waals surface area contributed by atoms with Crippen LogP contribution in [0.15, 0.2) is 0 Å². The minimum absolute atomic E-state index is 0.262. The zero-order chi connectivity index (χ0) is 5.70. The quantitative estimate of drug-likeness (QED) is 0.585. The smallest absolute Gasteiger partial charge is 0.112 e. The Bertz CT molecular complexity index is 39.1. The van der Waals surface area contributed by atoms with Gasteiger partial charge in [0.2, 0.25) is 0 Å². The van der Waals surface area contributed by atoms with Crippen molar-refractivity contribution in [2.45, 2.75) is 25.3 Å². The Hall–Kier alpha value is 0.440. The third kappa shape index (κ3) is 4.29. The molecule has 0 bridgehead atoms. The second-order valence-corrected chi connectivity index (χ2v) is 2.29. The second-order valence-electron chi connectivity index (χ2n) is 1.27. The summed E-state index contributed by atoms with van der Waals surface area (Å²) in [6, 6.07) is 0. The summed E-state index contributed by atoms with van der Waals surface area (Å²) >= 11 is 3.31. The summed E-state index contributed by atoms with van der Waals surface area (Å²) in [6.07, 6.45) is 1.04. The van der Waals surface area contributed by atoms with Crippen LogP contribution in [0.2, 0.25) is 0 Å². The fourth-order valence-corrected chi connectivity index (χ4v) is 0.563. The minimum atomic E-state index is 0.262. The van der Waals surface area contributed by atoms with Gasteiger partial charge < -0.3 is 4.74 Å². The van der Waals surface area contributed by atoms with Crippen LogP contribution in [-0.2, 0) is 4.74 Å². The molecule has 0 N–H and O–H groups in total. The van der Waals surface area contributed by atoms with Gasteiger partial charge in [-0.1, -0.05) is 22.9 Å². The molecule has 0 heterocycles. The van der Waals surface area contributed by atoms with Crippen LogP contribution < -0.4 is 0 Å². The van der Waals surface area contributed by atoms with Gasteiger partial charge in [-0.2, -0.15) is 0 Å². The van der Waals surface area contributed by atoms with Crippen LogP contribution in [-0.4, -0.2) is 11.6 Å². The monoisotopic (exact) mass is 166 g/mol. The first kappa shape index (κ1) is 7.44. The van der Waals surface area contributed by atoms with E-state index < -0.39 is 0 Å². The normalized spacial score (nSPS) is 14.1. The lowest BCUT2D eigenvalue weighted by molar-refractivity contribution is 0.127. The summed E-state index contributed by atoms with van der Waals surface area (Å²) in [6.45, 7) is 4.86. The Morgan fingerprint density at radius 3 is 2.29 bits per heavy atom. The van der Waals surface area contributed by atoms with Gasteiger partial charge in [0.05, 0.1) is 0 Å². The Kier molecular flexibility index (Phi) is 4.88. The van der Waals surface area contributed by atoms with E-state index in [1.165, 1.54) is 0 Å². The molecule has 0 fully saturated rings. The van der Waals surface area contributed by atoms with Crippen molar-refractivity contribution in [3.05, 3.63) is 0 Å². The highest BCUT2D eigenvalue weighted by molar-refractivity contribution is 9.09. The van der Waals surface area contributed by atoms with Crippen LogP contribution in [0.5, 0.6) is 0 Å². The van der Waals surface area contributed by atoms with E-state index in [0.29, 0.717) is 0 Å². The number of halogens is 1. The molecule has 0 spiro atoms. The van der Waals surface area contributed by atoms with Crippen LogP contribution in [0.3, 0.4) is 0 Å². The lowest BCUT2D eigenvalue weighted by Gasteiger charge is -2.03. The van der Waals surface area contributed by atoms with Crippen LogP contribution in [0.4, 0.5) is 0 Å². The summed E-state index contributed by atoms with van der Waals surface area (Å²) < 4.78 is 5.11. The van der Waals surface area contributed by atoms with Gasteiger partial charge in [-0.25, -0.2) is 0 Å². The van der Waals surface area contributed by atoms with Crippen LogP contribution >= 0.6 is 15.9 Å². The molecule has 7 heavy (non-hydrogen) atoms. The predicted molar refractivity (Wildman–Crippen MR) is 34.6 cm³/mol. The van der Waals surface area contributed by atoms with E-state index >= 15 is 0 Å². The lowest BCUT2D eigenvalue weighted by Crippen LogP contribution is -2.00. The molecule has 44 valence electrons. The van der Waals surface area contributed by atoms with Gasteiger partial charge in [-0.05, 0) is 13.3 Å². The van der Waals surface area contributed by atoms with E-state index in [2.05, 4.69) is 22.9 Å². The molecule has 1 unspecified atom stereocenters. The first-order valence-electron chi connectivity index (χ1n) is 2.57. The van der Waals surface area contributed by atoms with Crippen LogP contribution in [0.25, 0.3) is 0 Å². The van der Waals surface area contributed by atoms with E-state index in [0.717, 1.165) is 13.0 Å². The third-order valence-electron chi connectivity index (χ3n) is 0.668. The SMILES string of the molecule is CCOC(Br)CC. The Balaban J connectivity index is 2.83. The molecule has 0 aromatic carbocycles. The van der Waals surface area contributed by atoms with Crippen molar-refractivity contribution >= 4 is 15.9 Å². The molecule has 0 aliphatic heterocycles. The standard InChI is InChI=1S/C5H11BrO/c1-3-5(6)7-4-2/h5H,3-4H2,1-2H3. The van der Waals surface area contributed by atoms with Gasteiger partial charge in [0.15, 0.2) is 0 Å². The predicted octanol–water partition coefficient (Wildman–Crippen LogP) is 2.15. The van der Waals surface area contributed by atoms with E-state index in [-0.39, 0.29) is 5.01 Å². The average molecular weight is 167 g/mol. The van der Waals surface area contributed by atoms with Crippen molar-refractivity contribution in [1.29, 1.82) is 0 Å². The first-order valence-corrected chi connectivity index (χ1v) is 3.48. The summed E-state index contributed by atoms with van der Waals surface area (Å²) in [5.41, 5.74) is 0. The van der Waals surface area contributed by atoms with Crippen molar-refractivity contribution in [1.82, 2.24) is 0 Å². The maximum Gasteiger partial charge on any atom is 0.112 e. The molecule has 0 saturated carbocycles. The number of hydrogen-bond acceptors (Lipinski definition) is 1. The van der Waals surface area contributed by atoms with E-state index in [4.69, 9.17) is 4.74 Å². The maximum atomic E-state index is 5.11. The fraction of sp³-hybridized carbons (Fsp3) is 1.00. The molecule has 0 amide bonds. The molecule has 0 saturated heterocycles. The molecule has 0 aromatic rings. The number of ether oxygens (including phenoxy) is 1. The molecular formula is C5H11BrO. The van der Waals surface area contributed by atoms with Gasteiger partial charge in [-0.15, -0.1) is 0 Å². The third-order valence-corrected chi connectivity index (χ3v) is 1.58. The lowest BCUT2D eigenvalue weighted by atomic mass is 10.5. The zero-order valence-electron chi connectivity index (χ0n) is 4.78. The van der Waals surface area contributed by atoms with Gasteiger partial charge in [0, 0.05) is 6.61 Å². The highest BCUT2D eigenvalue weighted by Crippen LogP contribution is 2.04. The average Bonchev–Trinajstić information content (AvgIpc) is 1.68. The van der Waals surface area contributed by atoms with Gasteiger partial charge in [0.1, 0.15) is 5.01 Å². The van der Waals surface area contributed by atoms with E-state index in [1.807, 2.05) is 6.92 Å². The molecule has 0 aliphatic rings. The van der Waals surface area contributed by atoms with Gasteiger partial charge in [0.25, 0.3) is 0 Å². The van der Waals surface area contributed by atoms with Crippen molar-refractivity contribution < 1.29 is 4.74 Å². The zero-order valence-corrected chi connectivity index (χ0v) is 6.36. The highest BCUT2D eigenvalue weighted by Gasteiger charge is 1.94. The minimum Gasteiger partial charge on any atom is -0.367 e. The van der Waals surface area contributed by atoms with Crippen molar-refractivity contribution in [3.63, 3.8) is 0 Å². The number of rotatable bonds is 3. The molecule has 2 heteroatoms. The van der Waals surface area contributed by atoms with Gasteiger partial charge in [-0.3, -0.25) is 0 Å². The van der Waals surface area contributed by atoms with E-state index in [1.54, 1.807) is 0 Å². The molecule has 1 nitrogen and oxygen atoms in total. The Labute approximate surface area is 53.2 Å².